The van der Waals surface area contributed by atoms with Crippen LogP contribution in [0.5, 0.6) is 0 Å². The van der Waals surface area contributed by atoms with E-state index in [0.717, 1.165) is 0 Å². The van der Waals surface area contributed by atoms with Crippen molar-refractivity contribution in [3.05, 3.63) is 11.8 Å². The average molecular weight is 209 g/mol. The number of thiol groups is 1. The normalized spacial score (nSPS) is 14.1. The van der Waals surface area contributed by atoms with Gasteiger partial charge in [-0.05, 0) is 18.9 Å². The van der Waals surface area contributed by atoms with Gasteiger partial charge in [-0.25, -0.2) is 4.40 Å². The molecule has 13 heavy (non-hydrogen) atoms. The molecule has 0 spiro atoms. The summed E-state index contributed by atoms with van der Waals surface area (Å²) in [4.78, 5) is 0. The van der Waals surface area contributed by atoms with Crippen LogP contribution in [0.3, 0.4) is 0 Å². The van der Waals surface area contributed by atoms with Crippen LogP contribution < -0.4 is 5.73 Å². The molecule has 0 aromatic rings. The van der Waals surface area contributed by atoms with Gasteiger partial charge in [0.05, 0.1) is 12.5 Å². The summed E-state index contributed by atoms with van der Waals surface area (Å²) in [5.41, 5.74) is 3.66. The Labute approximate surface area is 78.3 Å². The first-order valence-electron chi connectivity index (χ1n) is 3.04. The largest absolute Gasteiger partial charge is 0.434 e. The molecule has 0 aliphatic carbocycles. The number of allylic oxidation sites excluding steroid dienone is 2. The van der Waals surface area contributed by atoms with E-state index >= 15 is 0 Å². The van der Waals surface area contributed by atoms with Crippen molar-refractivity contribution >= 4 is 18.5 Å². The van der Waals surface area contributed by atoms with Gasteiger partial charge in [0.2, 0.25) is 0 Å². The van der Waals surface area contributed by atoms with Crippen LogP contribution in [0.15, 0.2) is 16.2 Å². The van der Waals surface area contributed by atoms with E-state index in [2.05, 4.69) is 17.2 Å². The van der Waals surface area contributed by atoms with E-state index < -0.39 is 11.9 Å². The predicted molar refractivity (Wildman–Crippen MR) is 45.0 cm³/mol. The van der Waals surface area contributed by atoms with Crippen LogP contribution in [0.1, 0.15) is 6.42 Å². The molecule has 0 unspecified atom stereocenters. The van der Waals surface area contributed by atoms with Crippen molar-refractivity contribution in [2.45, 2.75) is 12.6 Å². The minimum Gasteiger partial charge on any atom is -0.401 e. The smallest absolute Gasteiger partial charge is 0.401 e. The van der Waals surface area contributed by atoms with E-state index in [9.17, 15) is 13.2 Å². The van der Waals surface area contributed by atoms with E-state index in [4.69, 9.17) is 11.0 Å². The first-order valence-corrected chi connectivity index (χ1v) is 3.44. The lowest BCUT2D eigenvalue weighted by molar-refractivity contribution is -0.0574. The number of hydrogen-bond donors (Lipinski definition) is 2. The number of alkyl halides is 3. The van der Waals surface area contributed by atoms with Gasteiger partial charge in [0, 0.05) is 5.70 Å². The van der Waals surface area contributed by atoms with Crippen molar-refractivity contribution < 1.29 is 13.2 Å². The van der Waals surface area contributed by atoms with E-state index in [1.54, 1.807) is 6.07 Å². The summed E-state index contributed by atoms with van der Waals surface area (Å²) in [6, 6.07) is 1.61. The van der Waals surface area contributed by atoms with Gasteiger partial charge < -0.3 is 5.73 Å². The van der Waals surface area contributed by atoms with E-state index in [-0.39, 0.29) is 12.1 Å². The minimum atomic E-state index is -4.60. The molecule has 0 atom stereocenters. The Kier molecular flexibility index (Phi) is 4.34. The fourth-order valence-corrected chi connectivity index (χ4v) is 0.656. The molecular formula is C6H6F3N3S. The molecule has 0 saturated carbocycles. The van der Waals surface area contributed by atoms with Crippen LogP contribution in [-0.2, 0) is 0 Å². The zero-order valence-electron chi connectivity index (χ0n) is 6.34. The number of nitrogens with zero attached hydrogens (tertiary/aromatic N) is 2. The van der Waals surface area contributed by atoms with E-state index in [0.29, 0.717) is 6.08 Å². The van der Waals surface area contributed by atoms with E-state index in [1.807, 2.05) is 0 Å². The quantitative estimate of drug-likeness (QED) is 0.536. The van der Waals surface area contributed by atoms with Gasteiger partial charge >= 0.3 is 6.18 Å². The third-order valence-corrected chi connectivity index (χ3v) is 1.22. The van der Waals surface area contributed by atoms with Crippen LogP contribution in [0.25, 0.3) is 0 Å². The summed E-state index contributed by atoms with van der Waals surface area (Å²) < 4.78 is 38.6. The lowest BCUT2D eigenvalue weighted by Gasteiger charge is -2.04. The van der Waals surface area contributed by atoms with Gasteiger partial charge in [0.15, 0.2) is 5.71 Å². The molecule has 72 valence electrons. The molecule has 0 aliphatic rings. The molecule has 0 rings (SSSR count). The van der Waals surface area contributed by atoms with Crippen LogP contribution in [0, 0.1) is 11.3 Å². The van der Waals surface area contributed by atoms with Crippen LogP contribution in [0.4, 0.5) is 13.2 Å². The zero-order valence-corrected chi connectivity index (χ0v) is 7.23. The van der Waals surface area contributed by atoms with Crippen molar-refractivity contribution in [2.24, 2.45) is 10.1 Å². The Morgan fingerprint density at radius 2 is 2.15 bits per heavy atom. The van der Waals surface area contributed by atoms with E-state index in [1.165, 1.54) is 0 Å². The maximum Gasteiger partial charge on any atom is 0.434 e. The molecule has 0 aromatic carbocycles. The highest BCUT2D eigenvalue weighted by Gasteiger charge is 2.34. The lowest BCUT2D eigenvalue weighted by Crippen LogP contribution is -2.21. The molecule has 0 aliphatic heterocycles. The Morgan fingerprint density at radius 3 is 2.46 bits per heavy atom. The number of nitrogens with two attached hydrogens (primary N) is 1. The molecule has 0 aromatic heterocycles. The Balaban J connectivity index is 4.68. The molecule has 0 amide bonds. The second-order valence-electron chi connectivity index (χ2n) is 2.04. The number of rotatable bonds is 2. The first kappa shape index (κ1) is 11.8. The molecule has 0 bridgehead atoms. The third-order valence-electron chi connectivity index (χ3n) is 1.00. The van der Waals surface area contributed by atoms with Gasteiger partial charge in [0.25, 0.3) is 0 Å². The van der Waals surface area contributed by atoms with Crippen molar-refractivity contribution in [2.75, 3.05) is 0 Å². The maximum atomic E-state index is 12.0. The zero-order chi connectivity index (χ0) is 10.5. The fourth-order valence-electron chi connectivity index (χ4n) is 0.485. The molecule has 0 heterocycles. The average Bonchev–Trinajstić information content (AvgIpc) is 1.98. The van der Waals surface area contributed by atoms with Gasteiger partial charge in [-0.3, -0.25) is 0 Å². The number of nitriles is 1. The van der Waals surface area contributed by atoms with Crippen LogP contribution >= 0.6 is 12.8 Å². The molecular weight excluding hydrogens is 203 g/mol. The monoisotopic (exact) mass is 209 g/mol. The highest BCUT2D eigenvalue weighted by Crippen LogP contribution is 2.19. The van der Waals surface area contributed by atoms with Crippen molar-refractivity contribution in [3.8, 4) is 6.07 Å². The number of hydrogen-bond acceptors (Lipinski definition) is 4. The van der Waals surface area contributed by atoms with Gasteiger partial charge in [-0.15, -0.1) is 0 Å². The highest BCUT2D eigenvalue weighted by molar-refractivity contribution is 7.79. The molecule has 7 heteroatoms. The Morgan fingerprint density at radius 1 is 1.62 bits per heavy atom. The molecule has 2 N–H and O–H groups in total. The van der Waals surface area contributed by atoms with Gasteiger partial charge in [-0.1, -0.05) is 0 Å². The van der Waals surface area contributed by atoms with Crippen molar-refractivity contribution in [3.63, 3.8) is 0 Å². The number of halogens is 3. The molecule has 3 nitrogen and oxygen atoms in total. The maximum absolute atomic E-state index is 12.0. The second-order valence-corrected chi connectivity index (χ2v) is 2.24. The molecule has 0 saturated heterocycles. The lowest BCUT2D eigenvalue weighted by atomic mass is 10.2. The standard InChI is InChI=1S/C6H6F3N3S/c7-6(8,9)5(12-13)3-4(11)1-2-10/h3,13H,1,11H2/b4-3-,12-5?. The molecule has 0 fully saturated rings. The summed E-state index contributed by atoms with van der Waals surface area (Å²) >= 11 is 3.14. The Bertz CT molecular complexity index is 274. The van der Waals surface area contributed by atoms with Gasteiger partial charge in [0.1, 0.15) is 0 Å². The molecule has 0 radical (unpaired) electrons. The topological polar surface area (TPSA) is 62.2 Å². The summed E-state index contributed by atoms with van der Waals surface area (Å²) in [5, 5.41) is 8.11. The SMILES string of the molecule is N#CC/C(N)=C/C(=NS)C(F)(F)F. The van der Waals surface area contributed by atoms with Crippen molar-refractivity contribution in [1.29, 1.82) is 5.26 Å². The Hall–Kier alpha value is -1.16. The highest BCUT2D eigenvalue weighted by atomic mass is 32.1. The van der Waals surface area contributed by atoms with Gasteiger partial charge in [-0.2, -0.15) is 18.4 Å². The first-order chi connectivity index (χ1) is 5.91. The second kappa shape index (κ2) is 4.77. The minimum absolute atomic E-state index is 0.201. The summed E-state index contributed by atoms with van der Waals surface area (Å²) in [6.45, 7) is 0. The predicted octanol–water partition coefficient (Wildman–Crippen LogP) is 1.59. The van der Waals surface area contributed by atoms with Crippen LogP contribution in [0.2, 0.25) is 0 Å². The van der Waals surface area contributed by atoms with Crippen molar-refractivity contribution in [1.82, 2.24) is 0 Å². The fraction of sp³-hybridized carbons (Fsp3) is 0.333. The summed E-state index contributed by atoms with van der Waals surface area (Å²) in [5.74, 6) is 0. The summed E-state index contributed by atoms with van der Waals surface area (Å²) in [6.07, 6.45) is -4.29. The van der Waals surface area contributed by atoms with Crippen LogP contribution in [-0.4, -0.2) is 11.9 Å². The third kappa shape index (κ3) is 4.42. The summed E-state index contributed by atoms with van der Waals surface area (Å²) in [7, 11) is 0.